The summed E-state index contributed by atoms with van der Waals surface area (Å²) >= 11 is 4.84. The fraction of sp³-hybridized carbons (Fsp3) is 0. The van der Waals surface area contributed by atoms with Gasteiger partial charge in [-0.25, -0.2) is 4.79 Å². The van der Waals surface area contributed by atoms with Gasteiger partial charge in [0.1, 0.15) is 0 Å². The third-order valence-electron chi connectivity index (χ3n) is 0.206. The van der Waals surface area contributed by atoms with E-state index in [0.29, 0.717) is 0 Å². The van der Waals surface area contributed by atoms with Crippen LogP contribution >= 0.6 is 24.0 Å². The molecule has 0 rings (SSSR count). The summed E-state index contributed by atoms with van der Waals surface area (Å²) in [6.07, 6.45) is 0.849. The minimum Gasteiger partial charge on any atom is -0.478 e. The van der Waals surface area contributed by atoms with Crippen molar-refractivity contribution in [3.63, 3.8) is 0 Å². The first kappa shape index (κ1) is 9.92. The van der Waals surface area contributed by atoms with Crippen LogP contribution in [0.4, 0.5) is 0 Å². The first-order valence-electron chi connectivity index (χ1n) is 1.27. The zero-order valence-electron chi connectivity index (χ0n) is 3.30. The molecule has 0 saturated heterocycles. The predicted molar refractivity (Wildman–Crippen MR) is 29.9 cm³/mol. The van der Waals surface area contributed by atoms with E-state index in [-0.39, 0.29) is 12.4 Å². The molecule has 0 aromatic heterocycles. The highest BCUT2D eigenvalue weighted by Gasteiger charge is 1.77. The highest BCUT2D eigenvalue weighted by molar-refractivity contribution is 6.26. The molecule has 0 aliphatic rings. The summed E-state index contributed by atoms with van der Waals surface area (Å²) in [4.78, 5) is 9.43. The summed E-state index contributed by atoms with van der Waals surface area (Å²) in [6.45, 7) is 0. The smallest absolute Gasteiger partial charge is 0.329 e. The van der Waals surface area contributed by atoms with Crippen LogP contribution in [0.25, 0.3) is 0 Å². The lowest BCUT2D eigenvalue weighted by atomic mass is 10.7. The van der Waals surface area contributed by atoms with Crippen LogP contribution in [0.2, 0.25) is 0 Å². The van der Waals surface area contributed by atoms with Gasteiger partial charge in [-0.05, 0) is 0 Å². The Hall–Kier alpha value is -0.210. The molecule has 0 atom stereocenters. The van der Waals surface area contributed by atoms with Crippen molar-refractivity contribution in [1.29, 1.82) is 0 Å². The van der Waals surface area contributed by atoms with Gasteiger partial charge in [-0.15, -0.1) is 12.4 Å². The maximum absolute atomic E-state index is 9.43. The third-order valence-corrected chi connectivity index (χ3v) is 0.332. The van der Waals surface area contributed by atoms with E-state index in [0.717, 1.165) is 11.6 Å². The molecule has 0 unspecified atom stereocenters. The number of carboxylic acid groups (broad SMARTS) is 1. The summed E-state index contributed by atoms with van der Waals surface area (Å²) in [5.74, 6) is -1.02. The van der Waals surface area contributed by atoms with Crippen molar-refractivity contribution in [2.75, 3.05) is 0 Å². The van der Waals surface area contributed by atoms with Gasteiger partial charge >= 0.3 is 5.97 Å². The molecule has 0 aromatic carbocycles. The molecule has 0 fully saturated rings. The van der Waals surface area contributed by atoms with E-state index in [4.69, 9.17) is 16.7 Å². The molecule has 7 heavy (non-hydrogen) atoms. The Morgan fingerprint density at radius 1 is 1.71 bits per heavy atom. The third kappa shape index (κ3) is 10.7. The zero-order chi connectivity index (χ0) is 4.99. The molecule has 0 bridgehead atoms. The second-order valence-electron chi connectivity index (χ2n) is 0.631. The van der Waals surface area contributed by atoms with Crippen molar-refractivity contribution in [1.82, 2.24) is 0 Å². The molecule has 0 radical (unpaired) electrons. The van der Waals surface area contributed by atoms with Gasteiger partial charge in [-0.1, -0.05) is 11.6 Å². The summed E-state index contributed by atoms with van der Waals surface area (Å²) in [5, 5.41) is 7.74. The molecule has 0 aromatic rings. The van der Waals surface area contributed by atoms with Crippen LogP contribution < -0.4 is 0 Å². The van der Waals surface area contributed by atoms with Crippen LogP contribution in [0.5, 0.6) is 0 Å². The normalized spacial score (nSPS) is 8.14. The van der Waals surface area contributed by atoms with Crippen molar-refractivity contribution in [3.05, 3.63) is 11.6 Å². The van der Waals surface area contributed by atoms with Crippen molar-refractivity contribution < 1.29 is 9.90 Å². The van der Waals surface area contributed by atoms with E-state index < -0.39 is 5.97 Å². The lowest BCUT2D eigenvalue weighted by molar-refractivity contribution is -0.131. The summed E-state index contributed by atoms with van der Waals surface area (Å²) in [5.41, 5.74) is 0.947. The maximum Gasteiger partial charge on any atom is 0.329 e. The number of hydrogen-bond acceptors (Lipinski definition) is 1. The molecule has 0 aliphatic carbocycles. The highest BCUT2D eigenvalue weighted by atomic mass is 35.5. The van der Waals surface area contributed by atoms with Gasteiger partial charge in [0.05, 0.1) is 0 Å². The summed E-state index contributed by atoms with van der Waals surface area (Å²) < 4.78 is 0. The molecule has 4 heteroatoms. The second-order valence-corrected chi connectivity index (χ2v) is 0.883. The number of hydrogen-bond donors (Lipinski definition) is 1. The van der Waals surface area contributed by atoms with E-state index >= 15 is 0 Å². The van der Waals surface area contributed by atoms with Gasteiger partial charge in [0.15, 0.2) is 0 Å². The summed E-state index contributed by atoms with van der Waals surface area (Å²) in [7, 11) is 0. The first-order chi connectivity index (χ1) is 2.77. The number of carboxylic acids is 1. The van der Waals surface area contributed by atoms with E-state index in [2.05, 4.69) is 0 Å². The molecule has 0 spiro atoms. The van der Waals surface area contributed by atoms with E-state index in [1.165, 1.54) is 0 Å². The van der Waals surface area contributed by atoms with Crippen molar-refractivity contribution >= 4 is 30.0 Å². The lowest BCUT2D eigenvalue weighted by Crippen LogP contribution is -1.83. The molecular weight excluding hydrogens is 139 g/mol. The quantitative estimate of drug-likeness (QED) is 0.560. The minimum atomic E-state index is -1.02. The van der Waals surface area contributed by atoms with E-state index in [1.807, 2.05) is 0 Å². The van der Waals surface area contributed by atoms with E-state index in [1.54, 1.807) is 0 Å². The Morgan fingerprint density at radius 2 is 2.14 bits per heavy atom. The molecule has 42 valence electrons. The van der Waals surface area contributed by atoms with Crippen molar-refractivity contribution in [2.24, 2.45) is 0 Å². The van der Waals surface area contributed by atoms with E-state index in [9.17, 15) is 4.79 Å². The van der Waals surface area contributed by atoms with Gasteiger partial charge in [-0.3, -0.25) is 0 Å². The Morgan fingerprint density at radius 3 is 2.14 bits per heavy atom. The average Bonchev–Trinajstić information content (AvgIpc) is 1.35. The molecule has 0 saturated carbocycles. The van der Waals surface area contributed by atoms with Crippen LogP contribution in [0.3, 0.4) is 0 Å². The fourth-order valence-corrected chi connectivity index (χ4v) is 0.162. The topological polar surface area (TPSA) is 37.3 Å². The Labute approximate surface area is 52.2 Å². The molecule has 1 N–H and O–H groups in total. The van der Waals surface area contributed by atoms with Gasteiger partial charge in [0, 0.05) is 11.6 Å². The molecule has 0 aliphatic heterocycles. The standard InChI is InChI=1S/C3H3ClO2.ClH/c4-2-1-3(5)6;/h1-2H,(H,5,6);1H. The minimum absolute atomic E-state index is 0. The van der Waals surface area contributed by atoms with Crippen LogP contribution in [0.1, 0.15) is 0 Å². The first-order valence-corrected chi connectivity index (χ1v) is 1.70. The molecule has 0 heterocycles. The highest BCUT2D eigenvalue weighted by Crippen LogP contribution is 1.74. The summed E-state index contributed by atoms with van der Waals surface area (Å²) in [6, 6.07) is 0. The number of aliphatic carboxylic acids is 1. The number of carbonyl (C=O) groups is 1. The molecule has 2 nitrogen and oxygen atoms in total. The van der Waals surface area contributed by atoms with Crippen LogP contribution in [-0.2, 0) is 4.79 Å². The number of halogens is 2. The average molecular weight is 143 g/mol. The van der Waals surface area contributed by atoms with Gasteiger partial charge < -0.3 is 5.11 Å². The molecule has 0 amide bonds. The van der Waals surface area contributed by atoms with Gasteiger partial charge in [0.2, 0.25) is 0 Å². The van der Waals surface area contributed by atoms with Crippen LogP contribution in [0, 0.1) is 0 Å². The Bertz CT molecular complexity index is 79.0. The van der Waals surface area contributed by atoms with Gasteiger partial charge in [-0.2, -0.15) is 0 Å². The van der Waals surface area contributed by atoms with Crippen molar-refractivity contribution in [3.8, 4) is 0 Å². The van der Waals surface area contributed by atoms with Crippen molar-refractivity contribution in [2.45, 2.75) is 0 Å². The zero-order valence-corrected chi connectivity index (χ0v) is 4.87. The van der Waals surface area contributed by atoms with Crippen LogP contribution in [0.15, 0.2) is 11.6 Å². The van der Waals surface area contributed by atoms with Crippen LogP contribution in [-0.4, -0.2) is 11.1 Å². The largest absolute Gasteiger partial charge is 0.478 e. The lowest BCUT2D eigenvalue weighted by Gasteiger charge is -1.67. The Balaban J connectivity index is 0. The maximum atomic E-state index is 9.43. The Kier molecular flexibility index (Phi) is 8.21. The monoisotopic (exact) mass is 142 g/mol. The SMILES string of the molecule is Cl.O=C(O)C=CCl. The number of rotatable bonds is 1. The molecular formula is C3H4Cl2O2. The second kappa shape index (κ2) is 5.79. The fourth-order valence-electron chi connectivity index (χ4n) is 0.0539. The predicted octanol–water partition coefficient (Wildman–Crippen LogP) is 1.25. The van der Waals surface area contributed by atoms with Gasteiger partial charge in [0.25, 0.3) is 0 Å².